The Morgan fingerprint density at radius 2 is 1.83 bits per heavy atom. The standard InChI is InChI=1S/C23H21ClN2O3S/c1-16-6-4-9-18(14-16)25-23(27)20-15-19(11-12-21(20)24)30(28,29)26-13-5-8-17-7-2-3-10-22(17)26/h2-4,6-7,9-12,14-15H,5,8,13H2,1H3,(H,25,27). The minimum Gasteiger partial charge on any atom is -0.322 e. The van der Waals surface area contributed by atoms with E-state index in [1.165, 1.54) is 22.5 Å². The summed E-state index contributed by atoms with van der Waals surface area (Å²) < 4.78 is 28.2. The molecule has 0 spiro atoms. The van der Waals surface area contributed by atoms with E-state index in [4.69, 9.17) is 11.6 Å². The van der Waals surface area contributed by atoms with E-state index in [1.54, 1.807) is 6.07 Å². The van der Waals surface area contributed by atoms with Crippen molar-refractivity contribution >= 4 is 38.9 Å². The van der Waals surface area contributed by atoms with Crippen LogP contribution in [0.1, 0.15) is 27.9 Å². The Hall–Kier alpha value is -2.83. The van der Waals surface area contributed by atoms with Gasteiger partial charge in [-0.25, -0.2) is 8.42 Å². The van der Waals surface area contributed by atoms with Crippen LogP contribution in [0.4, 0.5) is 11.4 Å². The van der Waals surface area contributed by atoms with E-state index in [-0.39, 0.29) is 15.5 Å². The molecule has 0 aliphatic carbocycles. The lowest BCUT2D eigenvalue weighted by Gasteiger charge is -2.30. The highest BCUT2D eigenvalue weighted by Gasteiger charge is 2.30. The van der Waals surface area contributed by atoms with Crippen LogP contribution in [0.3, 0.4) is 0 Å². The maximum Gasteiger partial charge on any atom is 0.264 e. The molecule has 1 aliphatic heterocycles. The van der Waals surface area contributed by atoms with Crippen molar-refractivity contribution in [2.75, 3.05) is 16.2 Å². The Labute approximate surface area is 181 Å². The van der Waals surface area contributed by atoms with Gasteiger partial charge in [0.1, 0.15) is 0 Å². The summed E-state index contributed by atoms with van der Waals surface area (Å²) in [6, 6.07) is 19.1. The van der Waals surface area contributed by atoms with Gasteiger partial charge >= 0.3 is 0 Å². The Morgan fingerprint density at radius 1 is 1.03 bits per heavy atom. The van der Waals surface area contributed by atoms with Crippen LogP contribution in [-0.2, 0) is 16.4 Å². The smallest absolute Gasteiger partial charge is 0.264 e. The van der Waals surface area contributed by atoms with Gasteiger partial charge in [0.25, 0.3) is 15.9 Å². The Balaban J connectivity index is 1.68. The van der Waals surface area contributed by atoms with Crippen LogP contribution in [0.5, 0.6) is 0 Å². The first-order valence-electron chi connectivity index (χ1n) is 9.64. The number of rotatable bonds is 4. The second-order valence-electron chi connectivity index (χ2n) is 7.27. The maximum atomic E-state index is 13.4. The summed E-state index contributed by atoms with van der Waals surface area (Å²) in [5, 5.41) is 2.97. The molecule has 0 bridgehead atoms. The number of hydrogen-bond donors (Lipinski definition) is 1. The van der Waals surface area contributed by atoms with Crippen LogP contribution < -0.4 is 9.62 Å². The summed E-state index contributed by atoms with van der Waals surface area (Å²) in [6.45, 7) is 2.32. The predicted octanol–water partition coefficient (Wildman–Crippen LogP) is 5.04. The lowest BCUT2D eigenvalue weighted by atomic mass is 10.0. The van der Waals surface area contributed by atoms with Crippen molar-refractivity contribution < 1.29 is 13.2 Å². The topological polar surface area (TPSA) is 66.5 Å². The summed E-state index contributed by atoms with van der Waals surface area (Å²) in [5.74, 6) is -0.457. The van der Waals surface area contributed by atoms with Crippen molar-refractivity contribution in [3.63, 3.8) is 0 Å². The predicted molar refractivity (Wildman–Crippen MR) is 120 cm³/mol. The number of amides is 1. The van der Waals surface area contributed by atoms with Gasteiger partial charge in [-0.1, -0.05) is 41.9 Å². The van der Waals surface area contributed by atoms with E-state index < -0.39 is 15.9 Å². The lowest BCUT2D eigenvalue weighted by molar-refractivity contribution is 0.102. The molecule has 3 aromatic rings. The van der Waals surface area contributed by atoms with Gasteiger partial charge in [0.2, 0.25) is 0 Å². The summed E-state index contributed by atoms with van der Waals surface area (Å²) >= 11 is 6.24. The second-order valence-corrected chi connectivity index (χ2v) is 9.54. The van der Waals surface area contributed by atoms with Gasteiger partial charge in [0.05, 0.1) is 21.2 Å². The molecule has 4 rings (SSSR count). The van der Waals surface area contributed by atoms with Crippen LogP contribution in [0.2, 0.25) is 5.02 Å². The van der Waals surface area contributed by atoms with E-state index in [0.29, 0.717) is 17.9 Å². The molecule has 7 heteroatoms. The van der Waals surface area contributed by atoms with E-state index in [9.17, 15) is 13.2 Å². The van der Waals surface area contributed by atoms with E-state index in [2.05, 4.69) is 5.32 Å². The van der Waals surface area contributed by atoms with Crippen LogP contribution in [-0.4, -0.2) is 20.9 Å². The number of halogens is 1. The normalized spacial score (nSPS) is 13.6. The number of nitrogens with zero attached hydrogens (tertiary/aromatic N) is 1. The van der Waals surface area contributed by atoms with Gasteiger partial charge in [-0.3, -0.25) is 9.10 Å². The van der Waals surface area contributed by atoms with Crippen LogP contribution >= 0.6 is 11.6 Å². The third kappa shape index (κ3) is 3.93. The number of para-hydroxylation sites is 1. The number of carbonyl (C=O) groups is 1. The second kappa shape index (κ2) is 8.13. The molecule has 0 saturated carbocycles. The molecule has 5 nitrogen and oxygen atoms in total. The van der Waals surface area contributed by atoms with Crippen LogP contribution in [0, 0.1) is 6.92 Å². The molecule has 30 heavy (non-hydrogen) atoms. The number of hydrogen-bond acceptors (Lipinski definition) is 3. The van der Waals surface area contributed by atoms with Crippen molar-refractivity contribution in [1.82, 2.24) is 0 Å². The van der Waals surface area contributed by atoms with Gasteiger partial charge in [0.15, 0.2) is 0 Å². The first-order valence-corrected chi connectivity index (χ1v) is 11.5. The van der Waals surface area contributed by atoms with Crippen molar-refractivity contribution in [2.45, 2.75) is 24.7 Å². The fourth-order valence-electron chi connectivity index (χ4n) is 3.64. The summed E-state index contributed by atoms with van der Waals surface area (Å²) in [7, 11) is -3.83. The highest BCUT2D eigenvalue weighted by molar-refractivity contribution is 7.92. The zero-order valence-electron chi connectivity index (χ0n) is 16.4. The molecule has 0 fully saturated rings. The molecule has 0 aromatic heterocycles. The van der Waals surface area contributed by atoms with Crippen molar-refractivity contribution in [3.05, 3.63) is 88.4 Å². The Kier molecular flexibility index (Phi) is 5.54. The zero-order valence-corrected chi connectivity index (χ0v) is 18.0. The zero-order chi connectivity index (χ0) is 21.3. The quantitative estimate of drug-likeness (QED) is 0.617. The molecule has 1 aliphatic rings. The number of sulfonamides is 1. The third-order valence-corrected chi connectivity index (χ3v) is 7.25. The number of anilines is 2. The molecule has 3 aromatic carbocycles. The van der Waals surface area contributed by atoms with Crippen molar-refractivity contribution in [3.8, 4) is 0 Å². The first-order chi connectivity index (χ1) is 14.4. The fourth-order valence-corrected chi connectivity index (χ4v) is 5.41. The highest BCUT2D eigenvalue weighted by atomic mass is 35.5. The van der Waals surface area contributed by atoms with Crippen molar-refractivity contribution in [1.29, 1.82) is 0 Å². The summed E-state index contributed by atoms with van der Waals surface area (Å²) in [5.41, 5.74) is 3.42. The summed E-state index contributed by atoms with van der Waals surface area (Å²) in [6.07, 6.45) is 1.58. The molecule has 154 valence electrons. The minimum absolute atomic E-state index is 0.0398. The molecule has 0 saturated heterocycles. The minimum atomic E-state index is -3.83. The molecular formula is C23H21ClN2O3S. The van der Waals surface area contributed by atoms with Crippen molar-refractivity contribution in [2.24, 2.45) is 0 Å². The van der Waals surface area contributed by atoms with Gasteiger partial charge in [0, 0.05) is 12.2 Å². The third-order valence-electron chi connectivity index (χ3n) is 5.11. The van der Waals surface area contributed by atoms with Gasteiger partial charge in [-0.2, -0.15) is 0 Å². The molecule has 1 N–H and O–H groups in total. The van der Waals surface area contributed by atoms with Crippen LogP contribution in [0.15, 0.2) is 71.6 Å². The molecule has 1 heterocycles. The molecule has 0 atom stereocenters. The monoisotopic (exact) mass is 440 g/mol. The average Bonchev–Trinajstić information content (AvgIpc) is 2.73. The van der Waals surface area contributed by atoms with Crippen LogP contribution in [0.25, 0.3) is 0 Å². The van der Waals surface area contributed by atoms with Gasteiger partial charge in [-0.05, 0) is 67.3 Å². The number of benzene rings is 3. The SMILES string of the molecule is Cc1cccc(NC(=O)c2cc(S(=O)(=O)N3CCCc4ccccc43)ccc2Cl)c1. The maximum absolute atomic E-state index is 13.4. The molecule has 0 unspecified atom stereocenters. The molecule has 0 radical (unpaired) electrons. The van der Waals surface area contributed by atoms with Gasteiger partial charge < -0.3 is 5.32 Å². The number of nitrogens with one attached hydrogen (secondary N) is 1. The lowest BCUT2D eigenvalue weighted by Crippen LogP contribution is -2.35. The van der Waals surface area contributed by atoms with E-state index >= 15 is 0 Å². The Morgan fingerprint density at radius 3 is 2.63 bits per heavy atom. The number of aryl methyl sites for hydroxylation is 2. The van der Waals surface area contributed by atoms with Gasteiger partial charge in [-0.15, -0.1) is 0 Å². The average molecular weight is 441 g/mol. The van der Waals surface area contributed by atoms with E-state index in [0.717, 1.165) is 24.0 Å². The molecular weight excluding hydrogens is 420 g/mol. The highest BCUT2D eigenvalue weighted by Crippen LogP contribution is 2.33. The number of fused-ring (bicyclic) bond motifs is 1. The number of carbonyl (C=O) groups excluding carboxylic acids is 1. The summed E-state index contributed by atoms with van der Waals surface area (Å²) in [4.78, 5) is 12.8. The Bertz CT molecular complexity index is 1220. The molecule has 1 amide bonds. The largest absolute Gasteiger partial charge is 0.322 e. The first kappa shape index (κ1) is 20.4. The van der Waals surface area contributed by atoms with E-state index in [1.807, 2.05) is 49.4 Å². The fraction of sp³-hybridized carbons (Fsp3) is 0.174.